The van der Waals surface area contributed by atoms with E-state index in [0.717, 1.165) is 22.4 Å². The van der Waals surface area contributed by atoms with Crippen molar-refractivity contribution in [1.29, 1.82) is 0 Å². The van der Waals surface area contributed by atoms with Gasteiger partial charge in [0.15, 0.2) is 0 Å². The van der Waals surface area contributed by atoms with Crippen LogP contribution >= 0.6 is 15.9 Å². The third kappa shape index (κ3) is 3.49. The first kappa shape index (κ1) is 12.0. The van der Waals surface area contributed by atoms with E-state index < -0.39 is 0 Å². The van der Waals surface area contributed by atoms with Crippen LogP contribution in [0.5, 0.6) is 0 Å². The Balaban J connectivity index is 2.02. The Bertz CT molecular complexity index is 497. The summed E-state index contributed by atoms with van der Waals surface area (Å²) in [5, 5.41) is 6.53. The summed E-state index contributed by atoms with van der Waals surface area (Å²) in [5.74, 6) is 0. The van der Waals surface area contributed by atoms with Crippen LogP contribution in [-0.2, 0) is 6.54 Å². The van der Waals surface area contributed by atoms with Crippen LogP contribution in [0.4, 0.5) is 11.4 Å². The molecule has 0 unspecified atom stereocenters. The van der Waals surface area contributed by atoms with Crippen molar-refractivity contribution in [2.45, 2.75) is 6.54 Å². The van der Waals surface area contributed by atoms with Gasteiger partial charge in [0.05, 0.1) is 0 Å². The second kappa shape index (κ2) is 5.73. The summed E-state index contributed by atoms with van der Waals surface area (Å²) in [4.78, 5) is 0. The highest BCUT2D eigenvalue weighted by atomic mass is 79.9. The molecule has 0 atom stereocenters. The van der Waals surface area contributed by atoms with Gasteiger partial charge in [-0.15, -0.1) is 0 Å². The van der Waals surface area contributed by atoms with Crippen LogP contribution < -0.4 is 10.6 Å². The topological polar surface area (TPSA) is 24.1 Å². The zero-order valence-electron chi connectivity index (χ0n) is 9.70. The second-order valence-corrected chi connectivity index (χ2v) is 4.73. The van der Waals surface area contributed by atoms with Crippen molar-refractivity contribution in [3.05, 3.63) is 58.6 Å². The van der Waals surface area contributed by atoms with Crippen molar-refractivity contribution in [2.75, 3.05) is 17.7 Å². The molecule has 2 aromatic rings. The van der Waals surface area contributed by atoms with Crippen molar-refractivity contribution in [1.82, 2.24) is 0 Å². The van der Waals surface area contributed by atoms with Gasteiger partial charge in [-0.1, -0.05) is 34.1 Å². The maximum absolute atomic E-state index is 3.46. The lowest BCUT2D eigenvalue weighted by Crippen LogP contribution is -1.99. The van der Waals surface area contributed by atoms with Crippen molar-refractivity contribution in [3.8, 4) is 0 Å². The van der Waals surface area contributed by atoms with Gasteiger partial charge in [-0.3, -0.25) is 0 Å². The van der Waals surface area contributed by atoms with Gasteiger partial charge in [0.2, 0.25) is 0 Å². The van der Waals surface area contributed by atoms with Crippen molar-refractivity contribution in [3.63, 3.8) is 0 Å². The van der Waals surface area contributed by atoms with Gasteiger partial charge < -0.3 is 10.6 Å². The molecular formula is C14H15BrN2. The monoisotopic (exact) mass is 290 g/mol. The van der Waals surface area contributed by atoms with Gasteiger partial charge in [0, 0.05) is 29.4 Å². The number of halogens is 1. The smallest absolute Gasteiger partial charge is 0.0401 e. The van der Waals surface area contributed by atoms with E-state index in [0.29, 0.717) is 0 Å². The lowest BCUT2D eigenvalue weighted by molar-refractivity contribution is 1.15. The summed E-state index contributed by atoms with van der Waals surface area (Å²) in [6.07, 6.45) is 0. The number of rotatable bonds is 4. The van der Waals surface area contributed by atoms with Gasteiger partial charge in [0.25, 0.3) is 0 Å². The van der Waals surface area contributed by atoms with Crippen molar-refractivity contribution < 1.29 is 0 Å². The number of benzene rings is 2. The molecule has 0 saturated heterocycles. The Morgan fingerprint density at radius 1 is 1.00 bits per heavy atom. The van der Waals surface area contributed by atoms with Crippen molar-refractivity contribution in [2.24, 2.45) is 0 Å². The molecule has 0 amide bonds. The molecule has 0 radical (unpaired) electrons. The summed E-state index contributed by atoms with van der Waals surface area (Å²) >= 11 is 3.46. The van der Waals surface area contributed by atoms with Gasteiger partial charge in [0.1, 0.15) is 0 Å². The summed E-state index contributed by atoms with van der Waals surface area (Å²) in [6, 6.07) is 16.6. The van der Waals surface area contributed by atoms with Gasteiger partial charge in [-0.2, -0.15) is 0 Å². The van der Waals surface area contributed by atoms with Crippen LogP contribution in [0.2, 0.25) is 0 Å². The zero-order valence-corrected chi connectivity index (χ0v) is 11.3. The minimum atomic E-state index is 0.825. The van der Waals surface area contributed by atoms with E-state index in [1.807, 2.05) is 19.2 Å². The predicted molar refractivity (Wildman–Crippen MR) is 77.5 cm³/mol. The molecule has 0 aliphatic rings. The molecule has 0 aliphatic carbocycles. The minimum Gasteiger partial charge on any atom is -0.388 e. The Labute approximate surface area is 110 Å². The fraction of sp³-hybridized carbons (Fsp3) is 0.143. The highest BCUT2D eigenvalue weighted by molar-refractivity contribution is 9.10. The standard InChI is InChI=1S/C14H15BrN2/c1-16-13-6-2-4-11(8-13)10-17-14-7-3-5-12(15)9-14/h2-9,16-17H,10H2,1H3. The van der Waals surface area contributed by atoms with E-state index in [9.17, 15) is 0 Å². The fourth-order valence-electron chi connectivity index (χ4n) is 1.64. The highest BCUT2D eigenvalue weighted by Crippen LogP contribution is 2.17. The molecule has 88 valence electrons. The normalized spacial score (nSPS) is 10.0. The first-order chi connectivity index (χ1) is 8.28. The summed E-state index contributed by atoms with van der Waals surface area (Å²) < 4.78 is 1.09. The minimum absolute atomic E-state index is 0.825. The average molecular weight is 291 g/mol. The van der Waals surface area contributed by atoms with Gasteiger partial charge in [-0.05, 0) is 35.9 Å². The third-order valence-corrected chi connectivity index (χ3v) is 3.03. The van der Waals surface area contributed by atoms with E-state index in [2.05, 4.69) is 63.0 Å². The van der Waals surface area contributed by atoms with Gasteiger partial charge in [-0.25, -0.2) is 0 Å². The predicted octanol–water partition coefficient (Wildman–Crippen LogP) is 4.10. The third-order valence-electron chi connectivity index (χ3n) is 2.54. The molecule has 0 aliphatic heterocycles. The van der Waals surface area contributed by atoms with Crippen LogP contribution in [0, 0.1) is 0 Å². The molecule has 0 saturated carbocycles. The SMILES string of the molecule is CNc1cccc(CNc2cccc(Br)c2)c1. The lowest BCUT2D eigenvalue weighted by atomic mass is 10.2. The molecular weight excluding hydrogens is 276 g/mol. The molecule has 0 spiro atoms. The lowest BCUT2D eigenvalue weighted by Gasteiger charge is -2.08. The Morgan fingerprint density at radius 2 is 1.76 bits per heavy atom. The summed E-state index contributed by atoms with van der Waals surface area (Å²) in [5.41, 5.74) is 3.52. The number of anilines is 2. The van der Waals surface area contributed by atoms with Gasteiger partial charge >= 0.3 is 0 Å². The number of hydrogen-bond donors (Lipinski definition) is 2. The van der Waals surface area contributed by atoms with E-state index in [4.69, 9.17) is 0 Å². The molecule has 2 aromatic carbocycles. The summed E-state index contributed by atoms with van der Waals surface area (Å²) in [7, 11) is 1.93. The molecule has 2 N–H and O–H groups in total. The van der Waals surface area contributed by atoms with Crippen LogP contribution in [0.25, 0.3) is 0 Å². The first-order valence-corrected chi connectivity index (χ1v) is 6.33. The van der Waals surface area contributed by atoms with E-state index in [-0.39, 0.29) is 0 Å². The fourth-order valence-corrected chi connectivity index (χ4v) is 2.04. The zero-order chi connectivity index (χ0) is 12.1. The quantitative estimate of drug-likeness (QED) is 0.886. The molecule has 0 fully saturated rings. The van der Waals surface area contributed by atoms with E-state index in [1.165, 1.54) is 5.56 Å². The van der Waals surface area contributed by atoms with E-state index >= 15 is 0 Å². The second-order valence-electron chi connectivity index (χ2n) is 3.81. The molecule has 0 heterocycles. The number of hydrogen-bond acceptors (Lipinski definition) is 2. The number of nitrogens with one attached hydrogen (secondary N) is 2. The molecule has 2 rings (SSSR count). The maximum atomic E-state index is 3.46. The molecule has 0 aromatic heterocycles. The molecule has 17 heavy (non-hydrogen) atoms. The Kier molecular flexibility index (Phi) is 4.04. The molecule has 2 nitrogen and oxygen atoms in total. The van der Waals surface area contributed by atoms with E-state index in [1.54, 1.807) is 0 Å². The maximum Gasteiger partial charge on any atom is 0.0401 e. The largest absolute Gasteiger partial charge is 0.388 e. The van der Waals surface area contributed by atoms with Crippen LogP contribution in [0.1, 0.15) is 5.56 Å². The summed E-state index contributed by atoms with van der Waals surface area (Å²) in [6.45, 7) is 0.825. The first-order valence-electron chi connectivity index (χ1n) is 5.54. The molecule has 0 bridgehead atoms. The van der Waals surface area contributed by atoms with Crippen LogP contribution in [0.15, 0.2) is 53.0 Å². The Morgan fingerprint density at radius 3 is 2.53 bits per heavy atom. The molecule has 3 heteroatoms. The Hall–Kier alpha value is -1.48. The average Bonchev–Trinajstić information content (AvgIpc) is 2.37. The van der Waals surface area contributed by atoms with Crippen molar-refractivity contribution >= 4 is 27.3 Å². The van der Waals surface area contributed by atoms with Crippen LogP contribution in [0.3, 0.4) is 0 Å². The highest BCUT2D eigenvalue weighted by Gasteiger charge is 1.96. The van der Waals surface area contributed by atoms with Crippen LogP contribution in [-0.4, -0.2) is 7.05 Å².